The van der Waals surface area contributed by atoms with Gasteiger partial charge in [0, 0.05) is 16.6 Å². The van der Waals surface area contributed by atoms with Crippen molar-refractivity contribution in [1.82, 2.24) is 9.97 Å². The topological polar surface area (TPSA) is 56.3 Å². The van der Waals surface area contributed by atoms with Gasteiger partial charge in [-0.1, -0.05) is 0 Å². The van der Waals surface area contributed by atoms with Gasteiger partial charge in [-0.2, -0.15) is 0 Å². The molecule has 0 atom stereocenters. The second kappa shape index (κ2) is 5.81. The van der Waals surface area contributed by atoms with Crippen LogP contribution >= 0.6 is 11.3 Å². The van der Waals surface area contributed by atoms with Crippen molar-refractivity contribution in [2.45, 2.75) is 13.8 Å². The van der Waals surface area contributed by atoms with Gasteiger partial charge in [-0.3, -0.25) is 0 Å². The van der Waals surface area contributed by atoms with Crippen LogP contribution in [0.4, 0.5) is 11.5 Å². The lowest BCUT2D eigenvalue weighted by atomic mass is 10.2. The van der Waals surface area contributed by atoms with E-state index in [2.05, 4.69) is 28.3 Å². The number of aromatic nitrogens is 2. The number of fused-ring (bicyclic) bond motifs is 1. The van der Waals surface area contributed by atoms with Crippen molar-refractivity contribution < 1.29 is 9.47 Å². The van der Waals surface area contributed by atoms with Crippen LogP contribution in [-0.4, -0.2) is 24.2 Å². The Kier molecular flexibility index (Phi) is 3.85. The van der Waals surface area contributed by atoms with Crippen molar-refractivity contribution in [3.63, 3.8) is 0 Å². The third-order valence-electron chi connectivity index (χ3n) is 3.25. The van der Waals surface area contributed by atoms with Gasteiger partial charge in [0.25, 0.3) is 0 Å². The molecular weight excluding hydrogens is 298 g/mol. The number of rotatable bonds is 4. The third-order valence-corrected chi connectivity index (χ3v) is 4.30. The molecule has 22 heavy (non-hydrogen) atoms. The zero-order chi connectivity index (χ0) is 15.7. The normalized spacial score (nSPS) is 10.7. The lowest BCUT2D eigenvalue weighted by molar-refractivity contribution is 0.355. The van der Waals surface area contributed by atoms with E-state index < -0.39 is 0 Å². The molecule has 2 aromatic heterocycles. The Bertz CT molecular complexity index is 830. The Morgan fingerprint density at radius 3 is 2.50 bits per heavy atom. The van der Waals surface area contributed by atoms with Gasteiger partial charge in [0.05, 0.1) is 24.4 Å². The summed E-state index contributed by atoms with van der Waals surface area (Å²) < 4.78 is 11.6. The monoisotopic (exact) mass is 315 g/mol. The van der Waals surface area contributed by atoms with E-state index in [9.17, 15) is 0 Å². The summed E-state index contributed by atoms with van der Waals surface area (Å²) >= 11 is 1.68. The fourth-order valence-corrected chi connectivity index (χ4v) is 3.20. The summed E-state index contributed by atoms with van der Waals surface area (Å²) in [4.78, 5) is 10.2. The van der Waals surface area contributed by atoms with Crippen LogP contribution in [0.2, 0.25) is 0 Å². The number of nitrogens with one attached hydrogen (secondary N) is 1. The molecule has 2 heterocycles. The molecule has 0 spiro atoms. The molecule has 0 amide bonds. The minimum absolute atomic E-state index is 0.678. The van der Waals surface area contributed by atoms with Crippen molar-refractivity contribution >= 4 is 33.1 Å². The van der Waals surface area contributed by atoms with Crippen molar-refractivity contribution in [2.24, 2.45) is 0 Å². The van der Waals surface area contributed by atoms with Crippen LogP contribution in [0.3, 0.4) is 0 Å². The zero-order valence-corrected chi connectivity index (χ0v) is 13.7. The molecule has 0 aliphatic carbocycles. The molecule has 114 valence electrons. The van der Waals surface area contributed by atoms with Gasteiger partial charge in [-0.05, 0) is 32.0 Å². The van der Waals surface area contributed by atoms with E-state index in [1.807, 2.05) is 25.1 Å². The molecule has 0 radical (unpaired) electrons. The zero-order valence-electron chi connectivity index (χ0n) is 12.9. The molecule has 3 rings (SSSR count). The van der Waals surface area contributed by atoms with E-state index in [0.717, 1.165) is 27.5 Å². The lowest BCUT2D eigenvalue weighted by Gasteiger charge is -2.11. The first-order valence-corrected chi connectivity index (χ1v) is 7.66. The summed E-state index contributed by atoms with van der Waals surface area (Å²) in [5.41, 5.74) is 1.86. The average Bonchev–Trinajstić information content (AvgIpc) is 2.87. The number of aryl methyl sites for hydroxylation is 2. The van der Waals surface area contributed by atoms with Gasteiger partial charge in [0.15, 0.2) is 17.3 Å². The number of benzene rings is 1. The summed E-state index contributed by atoms with van der Waals surface area (Å²) in [5.74, 6) is 2.93. The maximum atomic E-state index is 5.33. The van der Waals surface area contributed by atoms with E-state index in [1.165, 1.54) is 4.88 Å². The Labute approximate surface area is 132 Å². The molecule has 5 nitrogen and oxygen atoms in total. The summed E-state index contributed by atoms with van der Waals surface area (Å²) in [6, 6.07) is 7.77. The summed E-state index contributed by atoms with van der Waals surface area (Å²) in [5, 5.41) is 3.35. The highest BCUT2D eigenvalue weighted by atomic mass is 32.1. The molecule has 0 aliphatic heterocycles. The highest BCUT2D eigenvalue weighted by Gasteiger charge is 2.11. The Hall–Kier alpha value is -2.34. The van der Waals surface area contributed by atoms with Crippen molar-refractivity contribution in [3.05, 3.63) is 35.0 Å². The Morgan fingerprint density at radius 1 is 1.00 bits per heavy atom. The minimum Gasteiger partial charge on any atom is -0.493 e. The average molecular weight is 315 g/mol. The Morgan fingerprint density at radius 2 is 1.77 bits per heavy atom. The first kappa shape index (κ1) is 14.6. The third kappa shape index (κ3) is 2.69. The smallest absolute Gasteiger partial charge is 0.162 e. The summed E-state index contributed by atoms with van der Waals surface area (Å²) in [6.45, 7) is 3.97. The van der Waals surface area contributed by atoms with Gasteiger partial charge >= 0.3 is 0 Å². The van der Waals surface area contributed by atoms with E-state index >= 15 is 0 Å². The van der Waals surface area contributed by atoms with Crippen molar-refractivity contribution in [3.8, 4) is 11.5 Å². The number of ether oxygens (including phenoxy) is 2. The van der Waals surface area contributed by atoms with Crippen LogP contribution in [0.25, 0.3) is 10.2 Å². The second-order valence-electron chi connectivity index (χ2n) is 4.89. The van der Waals surface area contributed by atoms with Gasteiger partial charge in [0.1, 0.15) is 5.82 Å². The highest BCUT2D eigenvalue weighted by molar-refractivity contribution is 7.19. The number of hydrogen-bond acceptors (Lipinski definition) is 6. The number of nitrogens with zero attached hydrogens (tertiary/aromatic N) is 2. The summed E-state index contributed by atoms with van der Waals surface area (Å²) in [6.07, 6.45) is 0. The highest BCUT2D eigenvalue weighted by Crippen LogP contribution is 2.34. The number of hydrogen-bond donors (Lipinski definition) is 1. The Balaban J connectivity index is 2.02. The van der Waals surface area contributed by atoms with Crippen molar-refractivity contribution in [2.75, 3.05) is 19.5 Å². The van der Waals surface area contributed by atoms with Gasteiger partial charge in [-0.15, -0.1) is 11.3 Å². The first-order valence-electron chi connectivity index (χ1n) is 6.84. The molecule has 0 aliphatic rings. The summed E-state index contributed by atoms with van der Waals surface area (Å²) in [7, 11) is 3.24. The number of anilines is 2. The van der Waals surface area contributed by atoms with Gasteiger partial charge in [0.2, 0.25) is 0 Å². The SMILES string of the molecule is COc1ccc(Nc2nc(C)nc3cc(C)sc23)cc1OC. The predicted molar refractivity (Wildman–Crippen MR) is 89.7 cm³/mol. The first-order chi connectivity index (χ1) is 10.6. The van der Waals surface area contributed by atoms with E-state index in [4.69, 9.17) is 9.47 Å². The standard InChI is InChI=1S/C16H17N3O2S/c1-9-7-12-15(22-9)16(18-10(2)17-12)19-11-5-6-13(20-3)14(8-11)21-4/h5-8H,1-4H3,(H,17,18,19). The van der Waals surface area contributed by atoms with Crippen LogP contribution in [0, 0.1) is 13.8 Å². The van der Waals surface area contributed by atoms with E-state index in [1.54, 1.807) is 25.6 Å². The molecule has 0 unspecified atom stereocenters. The number of methoxy groups -OCH3 is 2. The molecule has 1 N–H and O–H groups in total. The van der Waals surface area contributed by atoms with Crippen LogP contribution in [0.1, 0.15) is 10.7 Å². The molecule has 3 aromatic rings. The molecule has 0 bridgehead atoms. The maximum Gasteiger partial charge on any atom is 0.162 e. The predicted octanol–water partition coefficient (Wildman–Crippen LogP) is 4.07. The van der Waals surface area contributed by atoms with Crippen molar-refractivity contribution in [1.29, 1.82) is 0 Å². The van der Waals surface area contributed by atoms with Crippen LogP contribution in [0.5, 0.6) is 11.5 Å². The number of thiophene rings is 1. The fourth-order valence-electron chi connectivity index (χ4n) is 2.30. The molecule has 0 saturated heterocycles. The quantitative estimate of drug-likeness (QED) is 0.786. The molecular formula is C16H17N3O2S. The minimum atomic E-state index is 0.678. The molecule has 0 fully saturated rings. The van der Waals surface area contributed by atoms with Gasteiger partial charge < -0.3 is 14.8 Å². The van der Waals surface area contributed by atoms with Gasteiger partial charge in [-0.25, -0.2) is 9.97 Å². The lowest BCUT2D eigenvalue weighted by Crippen LogP contribution is -1.98. The largest absolute Gasteiger partial charge is 0.493 e. The van der Waals surface area contributed by atoms with Crippen LogP contribution in [-0.2, 0) is 0 Å². The molecule has 1 aromatic carbocycles. The van der Waals surface area contributed by atoms with E-state index in [-0.39, 0.29) is 0 Å². The second-order valence-corrected chi connectivity index (χ2v) is 6.14. The maximum absolute atomic E-state index is 5.33. The van der Waals surface area contributed by atoms with Crippen LogP contribution in [0.15, 0.2) is 24.3 Å². The fraction of sp³-hybridized carbons (Fsp3) is 0.250. The van der Waals surface area contributed by atoms with Crippen LogP contribution < -0.4 is 14.8 Å². The molecule has 6 heteroatoms. The van der Waals surface area contributed by atoms with E-state index in [0.29, 0.717) is 11.5 Å². The molecule has 0 saturated carbocycles.